The molecule has 0 aromatic carbocycles. The maximum absolute atomic E-state index is 8.58. The lowest BCUT2D eigenvalue weighted by atomic mass is 9.90. The molecule has 0 aromatic heterocycles. The Bertz CT molecular complexity index is 257. The van der Waals surface area contributed by atoms with Gasteiger partial charge in [-0.05, 0) is 44.4 Å². The summed E-state index contributed by atoms with van der Waals surface area (Å²) in [6.45, 7) is 2.14. The number of rotatable bonds is 1. The first-order valence-corrected chi connectivity index (χ1v) is 4.86. The summed E-state index contributed by atoms with van der Waals surface area (Å²) in [5.74, 6) is 1.84. The van der Waals surface area contributed by atoms with E-state index in [0.717, 1.165) is 11.8 Å². The van der Waals surface area contributed by atoms with Crippen molar-refractivity contribution in [3.63, 3.8) is 0 Å². The summed E-state index contributed by atoms with van der Waals surface area (Å²) in [5, 5.41) is 8.58. The topological polar surface area (TPSA) is 23.8 Å². The molecule has 0 aliphatic heterocycles. The second-order valence-electron chi connectivity index (χ2n) is 4.22. The van der Waals surface area contributed by atoms with Gasteiger partial charge in [0.1, 0.15) is 0 Å². The largest absolute Gasteiger partial charge is 0.198 e. The molecule has 12 heavy (non-hydrogen) atoms. The summed E-state index contributed by atoms with van der Waals surface area (Å²) in [6.07, 6.45) is 6.20. The van der Waals surface area contributed by atoms with Crippen LogP contribution in [0.5, 0.6) is 0 Å². The lowest BCUT2D eigenvalue weighted by molar-refractivity contribution is 0.556. The monoisotopic (exact) mass is 161 g/mol. The fourth-order valence-corrected chi connectivity index (χ4v) is 2.81. The average molecular weight is 161 g/mol. The zero-order valence-electron chi connectivity index (χ0n) is 7.64. The molecule has 1 nitrogen and oxygen atoms in total. The Morgan fingerprint density at radius 1 is 1.58 bits per heavy atom. The molecule has 0 N–H and O–H groups in total. The van der Waals surface area contributed by atoms with Crippen LogP contribution >= 0.6 is 0 Å². The van der Waals surface area contributed by atoms with Gasteiger partial charge in [-0.3, -0.25) is 0 Å². The van der Waals surface area contributed by atoms with Crippen LogP contribution in [-0.4, -0.2) is 0 Å². The van der Waals surface area contributed by atoms with Gasteiger partial charge in [0.2, 0.25) is 0 Å². The summed E-state index contributed by atoms with van der Waals surface area (Å²) in [4.78, 5) is 0. The zero-order valence-corrected chi connectivity index (χ0v) is 7.64. The normalized spacial score (nSPS) is 36.7. The van der Waals surface area contributed by atoms with Gasteiger partial charge in [0.05, 0.1) is 12.5 Å². The molecule has 0 spiro atoms. The maximum atomic E-state index is 8.58. The molecule has 2 aliphatic carbocycles. The van der Waals surface area contributed by atoms with E-state index in [1.807, 2.05) is 0 Å². The molecule has 0 heterocycles. The van der Waals surface area contributed by atoms with Crippen molar-refractivity contribution in [1.82, 2.24) is 0 Å². The minimum atomic E-state index is 0.651. The van der Waals surface area contributed by atoms with E-state index in [2.05, 4.69) is 13.0 Å². The Labute approximate surface area is 74.1 Å². The second kappa shape index (κ2) is 2.94. The molecular formula is C11H15N. The first-order chi connectivity index (χ1) is 5.81. The molecule has 2 fully saturated rings. The highest BCUT2D eigenvalue weighted by Crippen LogP contribution is 2.49. The van der Waals surface area contributed by atoms with Crippen LogP contribution < -0.4 is 0 Å². The van der Waals surface area contributed by atoms with E-state index in [-0.39, 0.29) is 0 Å². The van der Waals surface area contributed by atoms with E-state index in [9.17, 15) is 0 Å². The molecule has 64 valence electrons. The van der Waals surface area contributed by atoms with Crippen LogP contribution in [0.2, 0.25) is 0 Å². The molecule has 2 atom stereocenters. The number of fused-ring (bicyclic) bond motifs is 2. The minimum absolute atomic E-state index is 0.651. The molecule has 0 amide bonds. The van der Waals surface area contributed by atoms with Crippen molar-refractivity contribution in [3.05, 3.63) is 11.1 Å². The molecule has 2 rings (SSSR count). The van der Waals surface area contributed by atoms with Crippen LogP contribution in [0, 0.1) is 23.2 Å². The van der Waals surface area contributed by atoms with Gasteiger partial charge in [-0.2, -0.15) is 5.26 Å². The van der Waals surface area contributed by atoms with Gasteiger partial charge in [0, 0.05) is 0 Å². The summed E-state index contributed by atoms with van der Waals surface area (Å²) < 4.78 is 0. The van der Waals surface area contributed by atoms with Crippen LogP contribution in [0.4, 0.5) is 0 Å². The highest BCUT2D eigenvalue weighted by Gasteiger charge is 2.35. The van der Waals surface area contributed by atoms with Crippen molar-refractivity contribution < 1.29 is 0 Å². The molecule has 1 heteroatoms. The van der Waals surface area contributed by atoms with Gasteiger partial charge in [0.15, 0.2) is 0 Å². The van der Waals surface area contributed by atoms with Crippen molar-refractivity contribution in [3.8, 4) is 6.07 Å². The zero-order chi connectivity index (χ0) is 8.55. The predicted octanol–water partition coefficient (Wildman–Crippen LogP) is 3.04. The third kappa shape index (κ3) is 1.16. The van der Waals surface area contributed by atoms with E-state index in [0.29, 0.717) is 6.42 Å². The molecule has 2 bridgehead atoms. The second-order valence-corrected chi connectivity index (χ2v) is 4.22. The van der Waals surface area contributed by atoms with Gasteiger partial charge in [0.25, 0.3) is 0 Å². The van der Waals surface area contributed by atoms with E-state index in [4.69, 9.17) is 5.26 Å². The lowest BCUT2D eigenvalue weighted by Gasteiger charge is -2.15. The number of allylic oxidation sites excluding steroid dienone is 2. The van der Waals surface area contributed by atoms with Gasteiger partial charge >= 0.3 is 0 Å². The first-order valence-electron chi connectivity index (χ1n) is 4.86. The number of hydrogen-bond acceptors (Lipinski definition) is 1. The van der Waals surface area contributed by atoms with E-state index < -0.39 is 0 Å². The fraction of sp³-hybridized carbons (Fsp3) is 0.727. The maximum Gasteiger partial charge on any atom is 0.0666 e. The van der Waals surface area contributed by atoms with E-state index >= 15 is 0 Å². The molecule has 0 saturated heterocycles. The Hall–Kier alpha value is -0.770. The number of hydrogen-bond donors (Lipinski definition) is 0. The van der Waals surface area contributed by atoms with Crippen molar-refractivity contribution in [2.24, 2.45) is 11.8 Å². The quantitative estimate of drug-likeness (QED) is 0.542. The SMILES string of the molecule is C/C(CC#N)=C1/CC2CCC1C2. The minimum Gasteiger partial charge on any atom is -0.198 e. The van der Waals surface area contributed by atoms with Crippen molar-refractivity contribution in [2.45, 2.75) is 39.0 Å². The summed E-state index contributed by atoms with van der Waals surface area (Å²) in [6, 6.07) is 2.25. The van der Waals surface area contributed by atoms with E-state index in [1.54, 1.807) is 5.57 Å². The van der Waals surface area contributed by atoms with Crippen LogP contribution in [0.3, 0.4) is 0 Å². The van der Waals surface area contributed by atoms with Gasteiger partial charge < -0.3 is 0 Å². The van der Waals surface area contributed by atoms with Crippen molar-refractivity contribution in [2.75, 3.05) is 0 Å². The third-order valence-corrected chi connectivity index (χ3v) is 3.44. The molecule has 2 aliphatic rings. The average Bonchev–Trinajstić information content (AvgIpc) is 2.64. The fourth-order valence-electron chi connectivity index (χ4n) is 2.81. The Morgan fingerprint density at radius 2 is 2.42 bits per heavy atom. The predicted molar refractivity (Wildman–Crippen MR) is 48.4 cm³/mol. The molecule has 2 unspecified atom stereocenters. The van der Waals surface area contributed by atoms with Crippen LogP contribution in [0.1, 0.15) is 39.0 Å². The van der Waals surface area contributed by atoms with Crippen molar-refractivity contribution in [1.29, 1.82) is 5.26 Å². The highest BCUT2D eigenvalue weighted by atomic mass is 14.4. The Kier molecular flexibility index (Phi) is 1.92. The molecule has 2 saturated carbocycles. The van der Waals surface area contributed by atoms with Gasteiger partial charge in [-0.1, -0.05) is 11.1 Å². The van der Waals surface area contributed by atoms with Gasteiger partial charge in [-0.15, -0.1) is 0 Å². The molecule has 0 aromatic rings. The number of nitriles is 1. The van der Waals surface area contributed by atoms with Crippen LogP contribution in [0.25, 0.3) is 0 Å². The lowest BCUT2D eigenvalue weighted by Crippen LogP contribution is -2.00. The third-order valence-electron chi connectivity index (χ3n) is 3.44. The smallest absolute Gasteiger partial charge is 0.0666 e. The Morgan fingerprint density at radius 3 is 2.92 bits per heavy atom. The van der Waals surface area contributed by atoms with Crippen LogP contribution in [-0.2, 0) is 0 Å². The first kappa shape index (κ1) is 7.86. The molecular weight excluding hydrogens is 146 g/mol. The summed E-state index contributed by atoms with van der Waals surface area (Å²) in [5.41, 5.74) is 3.00. The highest BCUT2D eigenvalue weighted by molar-refractivity contribution is 5.24. The van der Waals surface area contributed by atoms with Crippen molar-refractivity contribution >= 4 is 0 Å². The number of nitrogens with zero attached hydrogens (tertiary/aromatic N) is 1. The Balaban J connectivity index is 2.15. The molecule has 0 radical (unpaired) electrons. The van der Waals surface area contributed by atoms with E-state index in [1.165, 1.54) is 31.3 Å². The standard InChI is InChI=1S/C11H15N/c1-8(4-5-12)11-7-9-2-3-10(11)6-9/h9-10H,2-4,6-7H2,1H3/b11-8+. The summed E-state index contributed by atoms with van der Waals surface area (Å²) in [7, 11) is 0. The van der Waals surface area contributed by atoms with Crippen LogP contribution in [0.15, 0.2) is 11.1 Å². The summed E-state index contributed by atoms with van der Waals surface area (Å²) >= 11 is 0. The van der Waals surface area contributed by atoms with Gasteiger partial charge in [-0.25, -0.2) is 0 Å².